The van der Waals surface area contributed by atoms with Crippen LogP contribution in [0.5, 0.6) is 11.5 Å². The van der Waals surface area contributed by atoms with Crippen molar-refractivity contribution in [2.75, 3.05) is 19.6 Å². The van der Waals surface area contributed by atoms with Crippen molar-refractivity contribution in [3.63, 3.8) is 0 Å². The summed E-state index contributed by atoms with van der Waals surface area (Å²) in [5.41, 5.74) is 5.76. The highest BCUT2D eigenvalue weighted by molar-refractivity contribution is 5.95. The second-order valence-electron chi connectivity index (χ2n) is 5.03. The number of amides is 1. The number of carbonyl (C=O) groups is 1. The Morgan fingerprint density at radius 1 is 1.26 bits per heavy atom. The van der Waals surface area contributed by atoms with Gasteiger partial charge in [-0.3, -0.25) is 4.79 Å². The third-order valence-corrected chi connectivity index (χ3v) is 2.65. The lowest BCUT2D eigenvalue weighted by molar-refractivity contribution is 0.0734. The Hall–Kier alpha value is -1.75. The Balaban J connectivity index is 2.90. The Bertz CT molecular complexity index is 412. The predicted molar refractivity (Wildman–Crippen MR) is 74.2 cm³/mol. The minimum atomic E-state index is -0.201. The van der Waals surface area contributed by atoms with Gasteiger partial charge in [-0.25, -0.2) is 0 Å². The molecule has 19 heavy (non-hydrogen) atoms. The summed E-state index contributed by atoms with van der Waals surface area (Å²) in [7, 11) is 0. The fraction of sp³-hybridized carbons (Fsp3) is 0.500. The Morgan fingerprint density at radius 2 is 1.84 bits per heavy atom. The lowest BCUT2D eigenvalue weighted by atomic mass is 10.1. The average molecular weight is 266 g/mol. The minimum absolute atomic E-state index is 0.119. The highest BCUT2D eigenvalue weighted by atomic mass is 16.3. The highest BCUT2D eigenvalue weighted by Gasteiger charge is 2.17. The zero-order valence-corrected chi connectivity index (χ0v) is 11.5. The normalized spacial score (nSPS) is 10.7. The second kappa shape index (κ2) is 6.99. The van der Waals surface area contributed by atoms with Crippen molar-refractivity contribution in [2.24, 2.45) is 11.7 Å². The van der Waals surface area contributed by atoms with E-state index < -0.39 is 0 Å². The van der Waals surface area contributed by atoms with Gasteiger partial charge in [0.25, 0.3) is 5.91 Å². The third kappa shape index (κ3) is 4.79. The monoisotopic (exact) mass is 266 g/mol. The molecule has 0 aliphatic heterocycles. The first-order valence-corrected chi connectivity index (χ1v) is 6.46. The summed E-state index contributed by atoms with van der Waals surface area (Å²) in [6, 6.07) is 3.92. The molecule has 0 heterocycles. The van der Waals surface area contributed by atoms with Gasteiger partial charge in [0.15, 0.2) is 0 Å². The SMILES string of the molecule is CC(C)CN(CCCN)C(=O)c1cc(O)cc(O)c1. The zero-order chi connectivity index (χ0) is 14.4. The molecule has 106 valence electrons. The van der Waals surface area contributed by atoms with Gasteiger partial charge in [-0.05, 0) is 31.0 Å². The van der Waals surface area contributed by atoms with Crippen molar-refractivity contribution in [1.82, 2.24) is 4.90 Å². The van der Waals surface area contributed by atoms with E-state index in [1.54, 1.807) is 4.90 Å². The molecule has 0 bridgehead atoms. The van der Waals surface area contributed by atoms with Crippen LogP contribution >= 0.6 is 0 Å². The summed E-state index contributed by atoms with van der Waals surface area (Å²) >= 11 is 0. The molecule has 0 saturated heterocycles. The molecule has 5 nitrogen and oxygen atoms in total. The predicted octanol–water partition coefficient (Wildman–Crippen LogP) is 1.54. The van der Waals surface area contributed by atoms with Crippen LogP contribution in [0.1, 0.15) is 30.6 Å². The summed E-state index contributed by atoms with van der Waals surface area (Å²) in [5, 5.41) is 18.9. The van der Waals surface area contributed by atoms with E-state index in [-0.39, 0.29) is 23.0 Å². The molecule has 0 saturated carbocycles. The average Bonchev–Trinajstić information content (AvgIpc) is 2.32. The van der Waals surface area contributed by atoms with Crippen LogP contribution in [0.4, 0.5) is 0 Å². The first-order chi connectivity index (χ1) is 8.93. The molecule has 0 aliphatic carbocycles. The largest absolute Gasteiger partial charge is 0.508 e. The summed E-state index contributed by atoms with van der Waals surface area (Å²) in [5.74, 6) is -0.0978. The standard InChI is InChI=1S/C14H22N2O3/c1-10(2)9-16(5-3-4-15)14(19)11-6-12(17)8-13(18)7-11/h6-8,10,17-18H,3-5,9,15H2,1-2H3. The van der Waals surface area contributed by atoms with Crippen molar-refractivity contribution >= 4 is 5.91 Å². The molecule has 1 amide bonds. The van der Waals surface area contributed by atoms with Crippen molar-refractivity contribution in [3.05, 3.63) is 23.8 Å². The molecular formula is C14H22N2O3. The number of aromatic hydroxyl groups is 2. The van der Waals surface area contributed by atoms with Crippen molar-refractivity contribution in [2.45, 2.75) is 20.3 Å². The number of rotatable bonds is 6. The van der Waals surface area contributed by atoms with Gasteiger partial charge in [0.1, 0.15) is 11.5 Å². The maximum Gasteiger partial charge on any atom is 0.254 e. The van der Waals surface area contributed by atoms with E-state index in [0.29, 0.717) is 25.6 Å². The van der Waals surface area contributed by atoms with Crippen LogP contribution in [-0.2, 0) is 0 Å². The van der Waals surface area contributed by atoms with Crippen molar-refractivity contribution in [3.8, 4) is 11.5 Å². The number of phenols is 2. The molecule has 0 aromatic heterocycles. The fourth-order valence-corrected chi connectivity index (χ4v) is 1.90. The number of phenolic OH excluding ortho intramolecular Hbond substituents is 2. The summed E-state index contributed by atoms with van der Waals surface area (Å²) in [6.07, 6.45) is 0.725. The van der Waals surface area contributed by atoms with Crippen molar-refractivity contribution in [1.29, 1.82) is 0 Å². The number of hydrogen-bond acceptors (Lipinski definition) is 4. The van der Waals surface area contributed by atoms with Crippen LogP contribution in [0.2, 0.25) is 0 Å². The van der Waals surface area contributed by atoms with E-state index in [0.717, 1.165) is 6.42 Å². The van der Waals surface area contributed by atoms with E-state index >= 15 is 0 Å². The topological polar surface area (TPSA) is 86.8 Å². The molecule has 5 heteroatoms. The number of carbonyl (C=O) groups excluding carboxylic acids is 1. The van der Waals surface area contributed by atoms with Crippen LogP contribution in [-0.4, -0.2) is 40.7 Å². The zero-order valence-electron chi connectivity index (χ0n) is 11.5. The van der Waals surface area contributed by atoms with Crippen molar-refractivity contribution < 1.29 is 15.0 Å². The number of benzene rings is 1. The van der Waals surface area contributed by atoms with Crippen LogP contribution in [0.3, 0.4) is 0 Å². The Labute approximate surface area is 113 Å². The molecule has 0 aliphatic rings. The Kier molecular flexibility index (Phi) is 5.63. The first kappa shape index (κ1) is 15.3. The molecule has 1 aromatic carbocycles. The molecule has 1 aromatic rings. The van der Waals surface area contributed by atoms with E-state index in [1.807, 2.05) is 13.8 Å². The van der Waals surface area contributed by atoms with Gasteiger partial charge in [-0.15, -0.1) is 0 Å². The number of hydrogen-bond donors (Lipinski definition) is 3. The highest BCUT2D eigenvalue weighted by Crippen LogP contribution is 2.21. The van der Waals surface area contributed by atoms with Crippen LogP contribution in [0, 0.1) is 5.92 Å². The quantitative estimate of drug-likeness (QED) is 0.729. The van der Waals surface area contributed by atoms with Gasteiger partial charge in [-0.1, -0.05) is 13.8 Å². The summed E-state index contributed by atoms with van der Waals surface area (Å²) < 4.78 is 0. The molecule has 0 spiro atoms. The van der Waals surface area contributed by atoms with Gasteiger partial charge < -0.3 is 20.8 Å². The van der Waals surface area contributed by atoms with Crippen LogP contribution < -0.4 is 5.73 Å². The molecule has 0 fully saturated rings. The van der Waals surface area contributed by atoms with Gasteiger partial charge in [0.2, 0.25) is 0 Å². The van der Waals surface area contributed by atoms with Gasteiger partial charge >= 0.3 is 0 Å². The number of nitrogens with zero attached hydrogens (tertiary/aromatic N) is 1. The van der Waals surface area contributed by atoms with E-state index in [4.69, 9.17) is 5.73 Å². The van der Waals surface area contributed by atoms with Crippen LogP contribution in [0.25, 0.3) is 0 Å². The molecule has 1 rings (SSSR count). The van der Waals surface area contributed by atoms with Gasteiger partial charge in [0, 0.05) is 24.7 Å². The fourth-order valence-electron chi connectivity index (χ4n) is 1.90. The lowest BCUT2D eigenvalue weighted by Gasteiger charge is -2.24. The maximum absolute atomic E-state index is 12.4. The molecule has 0 radical (unpaired) electrons. The second-order valence-corrected chi connectivity index (χ2v) is 5.03. The molecule has 4 N–H and O–H groups in total. The molecule has 0 atom stereocenters. The molecular weight excluding hydrogens is 244 g/mol. The maximum atomic E-state index is 12.4. The lowest BCUT2D eigenvalue weighted by Crippen LogP contribution is -2.35. The minimum Gasteiger partial charge on any atom is -0.508 e. The summed E-state index contributed by atoms with van der Waals surface area (Å²) in [6.45, 7) is 5.78. The molecule has 0 unspecified atom stereocenters. The Morgan fingerprint density at radius 3 is 2.32 bits per heavy atom. The van der Waals surface area contributed by atoms with E-state index in [2.05, 4.69) is 0 Å². The van der Waals surface area contributed by atoms with E-state index in [1.165, 1.54) is 18.2 Å². The third-order valence-electron chi connectivity index (χ3n) is 2.65. The van der Waals surface area contributed by atoms with E-state index in [9.17, 15) is 15.0 Å². The number of nitrogens with two attached hydrogens (primary N) is 1. The van der Waals surface area contributed by atoms with Gasteiger partial charge in [0.05, 0.1) is 0 Å². The van der Waals surface area contributed by atoms with Gasteiger partial charge in [-0.2, -0.15) is 0 Å². The van der Waals surface area contributed by atoms with Crippen LogP contribution in [0.15, 0.2) is 18.2 Å². The first-order valence-electron chi connectivity index (χ1n) is 6.46. The smallest absolute Gasteiger partial charge is 0.254 e. The summed E-state index contributed by atoms with van der Waals surface area (Å²) in [4.78, 5) is 14.1.